The first-order chi connectivity index (χ1) is 13.8. The molecule has 3 rings (SSSR count). The fourth-order valence-corrected chi connectivity index (χ4v) is 2.53. The minimum absolute atomic E-state index is 0.101. The zero-order valence-corrected chi connectivity index (χ0v) is 15.8. The molecular formula is C20H20F2N4O3. The molecular weight excluding hydrogens is 382 g/mol. The molecule has 29 heavy (non-hydrogen) atoms. The van der Waals surface area contributed by atoms with Crippen molar-refractivity contribution in [2.24, 2.45) is 0 Å². The largest absolute Gasteiger partial charge is 0.386 e. The van der Waals surface area contributed by atoms with E-state index < -0.39 is 23.8 Å². The monoisotopic (exact) mass is 402 g/mol. The predicted octanol–water partition coefficient (Wildman–Crippen LogP) is 3.99. The van der Waals surface area contributed by atoms with Crippen LogP contribution in [0.5, 0.6) is 0 Å². The van der Waals surface area contributed by atoms with Crippen LogP contribution in [0.3, 0.4) is 0 Å². The Balaban J connectivity index is 1.55. The van der Waals surface area contributed by atoms with Gasteiger partial charge in [0.15, 0.2) is 5.82 Å². The van der Waals surface area contributed by atoms with Gasteiger partial charge in [0.05, 0.1) is 6.10 Å². The summed E-state index contributed by atoms with van der Waals surface area (Å²) in [5, 5.41) is 18.9. The Kier molecular flexibility index (Phi) is 6.18. The van der Waals surface area contributed by atoms with Crippen LogP contribution in [-0.4, -0.2) is 27.8 Å². The van der Waals surface area contributed by atoms with Gasteiger partial charge >= 0.3 is 6.03 Å². The summed E-state index contributed by atoms with van der Waals surface area (Å²) in [6.07, 6.45) is -1.31. The molecule has 3 N–H and O–H groups in total. The Morgan fingerprint density at radius 3 is 2.52 bits per heavy atom. The predicted molar refractivity (Wildman–Crippen MR) is 102 cm³/mol. The summed E-state index contributed by atoms with van der Waals surface area (Å²) in [6.45, 7) is 3.68. The third kappa shape index (κ3) is 5.14. The van der Waals surface area contributed by atoms with E-state index in [1.807, 2.05) is 13.8 Å². The molecule has 2 aromatic carbocycles. The van der Waals surface area contributed by atoms with E-state index in [1.54, 1.807) is 24.3 Å². The second-order valence-electron chi connectivity index (χ2n) is 6.71. The van der Waals surface area contributed by atoms with Gasteiger partial charge < -0.3 is 20.3 Å². The van der Waals surface area contributed by atoms with E-state index in [1.165, 1.54) is 0 Å². The third-order valence-corrected chi connectivity index (χ3v) is 4.13. The van der Waals surface area contributed by atoms with Crippen LogP contribution in [0, 0.1) is 11.6 Å². The van der Waals surface area contributed by atoms with Crippen molar-refractivity contribution in [3.05, 3.63) is 65.5 Å². The molecule has 0 saturated heterocycles. The van der Waals surface area contributed by atoms with Gasteiger partial charge in [0.25, 0.3) is 5.89 Å². The maximum absolute atomic E-state index is 13.7. The highest BCUT2D eigenvalue weighted by Crippen LogP contribution is 2.22. The summed E-state index contributed by atoms with van der Waals surface area (Å²) in [5.41, 5.74) is 1.10. The molecule has 0 aliphatic carbocycles. The average Bonchev–Trinajstić information content (AvgIpc) is 3.17. The molecule has 2 amide bonds. The highest BCUT2D eigenvalue weighted by Gasteiger charge is 2.15. The van der Waals surface area contributed by atoms with Crippen molar-refractivity contribution in [3.63, 3.8) is 0 Å². The molecule has 0 spiro atoms. The van der Waals surface area contributed by atoms with Gasteiger partial charge in [-0.1, -0.05) is 25.1 Å². The number of nitrogens with zero attached hydrogens (tertiary/aromatic N) is 2. The van der Waals surface area contributed by atoms with Crippen molar-refractivity contribution >= 4 is 11.7 Å². The van der Waals surface area contributed by atoms with E-state index in [9.17, 15) is 18.7 Å². The van der Waals surface area contributed by atoms with Crippen molar-refractivity contribution < 1.29 is 23.2 Å². The highest BCUT2D eigenvalue weighted by atomic mass is 19.1. The summed E-state index contributed by atoms with van der Waals surface area (Å²) < 4.78 is 31.8. The maximum atomic E-state index is 13.7. The number of nitrogens with one attached hydrogen (secondary N) is 2. The number of anilines is 1. The van der Waals surface area contributed by atoms with Crippen LogP contribution in [0.25, 0.3) is 11.5 Å². The van der Waals surface area contributed by atoms with E-state index in [0.29, 0.717) is 29.0 Å². The number of aliphatic hydroxyl groups excluding tert-OH is 1. The van der Waals surface area contributed by atoms with Gasteiger partial charge in [0, 0.05) is 35.3 Å². The quantitative estimate of drug-likeness (QED) is 0.579. The number of hydrogen-bond acceptors (Lipinski definition) is 5. The molecule has 152 valence electrons. The van der Waals surface area contributed by atoms with Crippen molar-refractivity contribution in [2.45, 2.75) is 25.9 Å². The number of urea groups is 1. The Labute approximate surface area is 165 Å². The number of benzene rings is 2. The van der Waals surface area contributed by atoms with Crippen LogP contribution < -0.4 is 10.6 Å². The molecule has 0 radical (unpaired) electrons. The lowest BCUT2D eigenvalue weighted by Gasteiger charge is -2.14. The lowest BCUT2D eigenvalue weighted by Crippen LogP contribution is -2.32. The molecule has 0 aliphatic rings. The summed E-state index contributed by atoms with van der Waals surface area (Å²) in [4.78, 5) is 16.3. The lowest BCUT2D eigenvalue weighted by molar-refractivity contribution is 0.170. The van der Waals surface area contributed by atoms with Crippen LogP contribution in [0.15, 0.2) is 47.0 Å². The van der Waals surface area contributed by atoms with E-state index in [2.05, 4.69) is 20.8 Å². The molecule has 7 nitrogen and oxygen atoms in total. The Hall–Kier alpha value is -3.33. The first kappa shape index (κ1) is 20.4. The Morgan fingerprint density at radius 1 is 1.17 bits per heavy atom. The molecule has 3 aromatic rings. The maximum Gasteiger partial charge on any atom is 0.319 e. The molecule has 1 aromatic heterocycles. The highest BCUT2D eigenvalue weighted by molar-refractivity contribution is 5.89. The van der Waals surface area contributed by atoms with Gasteiger partial charge in [-0.15, -0.1) is 0 Å². The number of hydrogen-bond donors (Lipinski definition) is 3. The number of rotatable bonds is 6. The minimum atomic E-state index is -1.31. The van der Waals surface area contributed by atoms with Crippen molar-refractivity contribution in [1.29, 1.82) is 0 Å². The molecule has 0 bridgehead atoms. The van der Waals surface area contributed by atoms with Gasteiger partial charge in [0.1, 0.15) is 11.6 Å². The van der Waals surface area contributed by atoms with Gasteiger partial charge in [0.2, 0.25) is 0 Å². The lowest BCUT2D eigenvalue weighted by atomic mass is 10.1. The molecule has 9 heteroatoms. The van der Waals surface area contributed by atoms with Gasteiger partial charge in [-0.25, -0.2) is 13.6 Å². The zero-order valence-electron chi connectivity index (χ0n) is 15.8. The summed E-state index contributed by atoms with van der Waals surface area (Å²) in [5.74, 6) is -0.478. The number of aromatic nitrogens is 2. The van der Waals surface area contributed by atoms with Crippen LogP contribution >= 0.6 is 0 Å². The normalized spacial score (nSPS) is 12.1. The number of carbonyl (C=O) groups is 1. The number of aliphatic hydroxyl groups is 1. The molecule has 0 saturated carbocycles. The smallest absolute Gasteiger partial charge is 0.319 e. The van der Waals surface area contributed by atoms with Gasteiger partial charge in [-0.05, 0) is 30.3 Å². The van der Waals surface area contributed by atoms with Gasteiger partial charge in [-0.3, -0.25) is 0 Å². The van der Waals surface area contributed by atoms with Crippen molar-refractivity contribution in [1.82, 2.24) is 15.5 Å². The second-order valence-corrected chi connectivity index (χ2v) is 6.71. The molecule has 1 unspecified atom stereocenters. The third-order valence-electron chi connectivity index (χ3n) is 4.13. The zero-order chi connectivity index (χ0) is 21.0. The van der Waals surface area contributed by atoms with Crippen LogP contribution in [0.1, 0.15) is 37.3 Å². The molecule has 1 atom stereocenters. The molecule has 0 fully saturated rings. The van der Waals surface area contributed by atoms with Crippen molar-refractivity contribution in [2.75, 3.05) is 11.9 Å². The summed E-state index contributed by atoms with van der Waals surface area (Å²) in [7, 11) is 0. The number of amides is 2. The second kappa shape index (κ2) is 8.78. The fraction of sp³-hybridized carbons (Fsp3) is 0.250. The van der Waals surface area contributed by atoms with Crippen LogP contribution in [0.2, 0.25) is 0 Å². The van der Waals surface area contributed by atoms with E-state index in [-0.39, 0.29) is 18.0 Å². The Bertz CT molecular complexity index is 990. The van der Waals surface area contributed by atoms with E-state index in [0.717, 1.165) is 12.1 Å². The number of carbonyl (C=O) groups excluding carboxylic acids is 1. The Morgan fingerprint density at radius 2 is 1.90 bits per heavy atom. The summed E-state index contributed by atoms with van der Waals surface area (Å²) >= 11 is 0. The van der Waals surface area contributed by atoms with Crippen LogP contribution in [-0.2, 0) is 0 Å². The van der Waals surface area contributed by atoms with Gasteiger partial charge in [-0.2, -0.15) is 4.98 Å². The summed E-state index contributed by atoms with van der Waals surface area (Å²) in [6, 6.07) is 9.01. The first-order valence-electron chi connectivity index (χ1n) is 8.95. The first-order valence-corrected chi connectivity index (χ1v) is 8.95. The standard InChI is InChI=1S/C20H20F2N4O3/c1-11(2)18-25-19(29-26-18)12-3-6-14(7-4-12)24-20(28)23-10-17(27)15-8-5-13(21)9-16(15)22/h3-9,11,17,27H,10H2,1-2H3,(H2,23,24,28). The topological polar surface area (TPSA) is 100 Å². The fourth-order valence-electron chi connectivity index (χ4n) is 2.53. The molecule has 0 aliphatic heterocycles. The van der Waals surface area contributed by atoms with E-state index >= 15 is 0 Å². The minimum Gasteiger partial charge on any atom is -0.386 e. The average molecular weight is 402 g/mol. The van der Waals surface area contributed by atoms with E-state index in [4.69, 9.17) is 4.52 Å². The SMILES string of the molecule is CC(C)c1noc(-c2ccc(NC(=O)NCC(O)c3ccc(F)cc3F)cc2)n1. The molecule has 1 heterocycles. The van der Waals surface area contributed by atoms with Crippen molar-refractivity contribution in [3.8, 4) is 11.5 Å². The van der Waals surface area contributed by atoms with Crippen LogP contribution in [0.4, 0.5) is 19.3 Å². The number of halogens is 2.